The number of sulfonamides is 1. The number of piperidine rings is 1. The summed E-state index contributed by atoms with van der Waals surface area (Å²) in [6, 6.07) is 19.4. The highest BCUT2D eigenvalue weighted by atomic mass is 32.2. The molecular formula is C24H25N3O5S. The van der Waals surface area contributed by atoms with Crippen LogP contribution >= 0.6 is 0 Å². The average Bonchev–Trinajstić information content (AvgIpc) is 2.84. The highest BCUT2D eigenvalue weighted by Gasteiger charge is 2.33. The molecule has 8 nitrogen and oxygen atoms in total. The van der Waals surface area contributed by atoms with Crippen LogP contribution in [0.4, 0.5) is 16.2 Å². The predicted molar refractivity (Wildman–Crippen MR) is 127 cm³/mol. The molecule has 0 bridgehead atoms. The van der Waals surface area contributed by atoms with Crippen molar-refractivity contribution in [3.8, 4) is 0 Å². The Hall–Kier alpha value is -3.43. The van der Waals surface area contributed by atoms with Gasteiger partial charge in [0, 0.05) is 24.5 Å². The Balaban J connectivity index is 1.44. The molecule has 2 amide bonds. The molecule has 1 atom stereocenters. The van der Waals surface area contributed by atoms with Crippen LogP contribution in [0.2, 0.25) is 0 Å². The normalized spacial score (nSPS) is 16.8. The maximum absolute atomic E-state index is 13.1. The number of ether oxygens (including phenoxy) is 1. The van der Waals surface area contributed by atoms with Gasteiger partial charge >= 0.3 is 6.09 Å². The zero-order valence-electron chi connectivity index (χ0n) is 18.2. The number of benzene rings is 3. The number of hydrogen-bond acceptors (Lipinski definition) is 5. The smallest absolute Gasteiger partial charge is 0.411 e. The fourth-order valence-electron chi connectivity index (χ4n) is 3.91. The minimum atomic E-state index is -3.77. The average molecular weight is 468 g/mol. The van der Waals surface area contributed by atoms with Gasteiger partial charge in [-0.3, -0.25) is 10.1 Å². The van der Waals surface area contributed by atoms with Crippen LogP contribution in [-0.2, 0) is 19.6 Å². The highest BCUT2D eigenvalue weighted by Crippen LogP contribution is 2.26. The second-order valence-corrected chi connectivity index (χ2v) is 9.83. The van der Waals surface area contributed by atoms with E-state index >= 15 is 0 Å². The lowest BCUT2D eigenvalue weighted by Gasteiger charge is -2.31. The van der Waals surface area contributed by atoms with Crippen LogP contribution in [0.25, 0.3) is 10.8 Å². The van der Waals surface area contributed by atoms with E-state index in [1.807, 2.05) is 42.5 Å². The molecule has 33 heavy (non-hydrogen) atoms. The highest BCUT2D eigenvalue weighted by molar-refractivity contribution is 7.89. The number of hydrogen-bond donors (Lipinski definition) is 2. The van der Waals surface area contributed by atoms with Gasteiger partial charge in [0.2, 0.25) is 15.9 Å². The third-order valence-corrected chi connectivity index (χ3v) is 7.58. The molecule has 0 radical (unpaired) electrons. The molecule has 1 saturated heterocycles. The van der Waals surface area contributed by atoms with E-state index < -0.39 is 22.0 Å². The predicted octanol–water partition coefficient (Wildman–Crippen LogP) is 4.06. The molecule has 2 N–H and O–H groups in total. The molecule has 1 aliphatic heterocycles. The molecular weight excluding hydrogens is 442 g/mol. The Labute approximate surface area is 192 Å². The first-order valence-corrected chi connectivity index (χ1v) is 12.1. The van der Waals surface area contributed by atoms with E-state index in [2.05, 4.69) is 15.4 Å². The fraction of sp³-hybridized carbons (Fsp3) is 0.250. The number of rotatable bonds is 5. The van der Waals surface area contributed by atoms with Crippen molar-refractivity contribution in [1.82, 2.24) is 4.31 Å². The van der Waals surface area contributed by atoms with Crippen LogP contribution in [0.15, 0.2) is 71.6 Å². The van der Waals surface area contributed by atoms with Crippen LogP contribution in [0, 0.1) is 5.92 Å². The Morgan fingerprint density at radius 3 is 2.36 bits per heavy atom. The van der Waals surface area contributed by atoms with E-state index in [-0.39, 0.29) is 17.3 Å². The number of amides is 2. The van der Waals surface area contributed by atoms with E-state index in [0.717, 1.165) is 10.8 Å². The number of anilines is 2. The first-order chi connectivity index (χ1) is 15.9. The zero-order chi connectivity index (χ0) is 23.4. The summed E-state index contributed by atoms with van der Waals surface area (Å²) in [5.74, 6) is -0.636. The SMILES string of the molecule is COC(=O)Nc1ccc(S(=O)(=O)N2CCC[C@H](C(=O)Nc3ccc4ccccc4c3)C2)cc1. The lowest BCUT2D eigenvalue weighted by Crippen LogP contribution is -2.43. The van der Waals surface area contributed by atoms with Gasteiger partial charge in [0.25, 0.3) is 0 Å². The van der Waals surface area contributed by atoms with Gasteiger partial charge in [-0.15, -0.1) is 0 Å². The van der Waals surface area contributed by atoms with E-state index in [0.29, 0.717) is 30.8 Å². The minimum absolute atomic E-state index is 0.105. The van der Waals surface area contributed by atoms with Gasteiger partial charge in [0.15, 0.2) is 0 Å². The summed E-state index contributed by atoms with van der Waals surface area (Å²) in [6.07, 6.45) is 0.576. The van der Waals surface area contributed by atoms with E-state index in [4.69, 9.17) is 0 Å². The summed E-state index contributed by atoms with van der Waals surface area (Å²) < 4.78 is 32.1. The second kappa shape index (κ2) is 9.60. The Kier molecular flexibility index (Phi) is 6.62. The number of nitrogens with one attached hydrogen (secondary N) is 2. The molecule has 3 aromatic rings. The lowest BCUT2D eigenvalue weighted by atomic mass is 9.98. The topological polar surface area (TPSA) is 105 Å². The van der Waals surface area contributed by atoms with Crippen LogP contribution < -0.4 is 10.6 Å². The third-order valence-electron chi connectivity index (χ3n) is 5.70. The molecule has 9 heteroatoms. The first kappa shape index (κ1) is 22.8. The van der Waals surface area contributed by atoms with Gasteiger partial charge in [-0.25, -0.2) is 13.2 Å². The summed E-state index contributed by atoms with van der Waals surface area (Å²) in [7, 11) is -2.52. The Morgan fingerprint density at radius 2 is 1.64 bits per heavy atom. The van der Waals surface area contributed by atoms with E-state index in [9.17, 15) is 18.0 Å². The third kappa shape index (κ3) is 5.15. The molecule has 1 heterocycles. The summed E-state index contributed by atoms with van der Waals surface area (Å²) >= 11 is 0. The van der Waals surface area contributed by atoms with Crippen LogP contribution in [0.5, 0.6) is 0 Å². The maximum Gasteiger partial charge on any atom is 0.411 e. The summed E-state index contributed by atoms with van der Waals surface area (Å²) in [5, 5.41) is 7.52. The van der Waals surface area contributed by atoms with Gasteiger partial charge in [-0.2, -0.15) is 4.31 Å². The van der Waals surface area contributed by atoms with Crippen LogP contribution in [0.1, 0.15) is 12.8 Å². The molecule has 0 unspecified atom stereocenters. The molecule has 1 fully saturated rings. The van der Waals surface area contributed by atoms with Crippen molar-refractivity contribution in [2.75, 3.05) is 30.8 Å². The summed E-state index contributed by atoms with van der Waals surface area (Å²) in [6.45, 7) is 0.466. The zero-order valence-corrected chi connectivity index (χ0v) is 19.0. The van der Waals surface area contributed by atoms with Crippen LogP contribution in [-0.4, -0.2) is 44.9 Å². The number of carbonyl (C=O) groups excluding carboxylic acids is 2. The number of methoxy groups -OCH3 is 1. The van der Waals surface area contributed by atoms with Crippen molar-refractivity contribution in [3.05, 3.63) is 66.7 Å². The van der Waals surface area contributed by atoms with E-state index in [1.165, 1.54) is 35.7 Å². The largest absolute Gasteiger partial charge is 0.453 e. The molecule has 0 spiro atoms. The molecule has 1 aliphatic rings. The van der Waals surface area contributed by atoms with Gasteiger partial charge in [-0.05, 0) is 60.0 Å². The fourth-order valence-corrected chi connectivity index (χ4v) is 5.44. The van der Waals surface area contributed by atoms with Crippen LogP contribution in [0.3, 0.4) is 0 Å². The molecule has 0 aliphatic carbocycles. The molecule has 172 valence electrons. The Morgan fingerprint density at radius 1 is 0.939 bits per heavy atom. The molecule has 0 aromatic heterocycles. The Bertz CT molecular complexity index is 1270. The number of fused-ring (bicyclic) bond motifs is 1. The lowest BCUT2D eigenvalue weighted by molar-refractivity contribution is -0.120. The summed E-state index contributed by atoms with van der Waals surface area (Å²) in [5.41, 5.74) is 1.11. The van der Waals surface area contributed by atoms with Gasteiger partial charge in [0.05, 0.1) is 17.9 Å². The molecule has 3 aromatic carbocycles. The van der Waals surface area contributed by atoms with Crippen molar-refractivity contribution in [2.24, 2.45) is 5.92 Å². The van der Waals surface area contributed by atoms with Crippen molar-refractivity contribution in [2.45, 2.75) is 17.7 Å². The number of carbonyl (C=O) groups is 2. The van der Waals surface area contributed by atoms with E-state index in [1.54, 1.807) is 0 Å². The van der Waals surface area contributed by atoms with Gasteiger partial charge < -0.3 is 10.1 Å². The quantitative estimate of drug-likeness (QED) is 0.589. The molecule has 4 rings (SSSR count). The van der Waals surface area contributed by atoms with Crippen molar-refractivity contribution >= 4 is 44.2 Å². The van der Waals surface area contributed by atoms with Gasteiger partial charge in [-0.1, -0.05) is 30.3 Å². The minimum Gasteiger partial charge on any atom is -0.453 e. The van der Waals surface area contributed by atoms with Gasteiger partial charge in [0.1, 0.15) is 0 Å². The second-order valence-electron chi connectivity index (χ2n) is 7.89. The van der Waals surface area contributed by atoms with Crippen molar-refractivity contribution < 1.29 is 22.7 Å². The first-order valence-electron chi connectivity index (χ1n) is 10.6. The monoisotopic (exact) mass is 467 g/mol. The maximum atomic E-state index is 13.1. The van der Waals surface area contributed by atoms with Crippen molar-refractivity contribution in [3.63, 3.8) is 0 Å². The standard InChI is InChI=1S/C24H25N3O5S/c1-32-24(29)26-20-10-12-22(13-11-20)33(30,31)27-14-4-7-19(16-27)23(28)25-21-9-8-17-5-2-3-6-18(17)15-21/h2-3,5-6,8-13,15,19H,4,7,14,16H2,1H3,(H,25,28)(H,26,29)/t19-/m0/s1. The number of nitrogens with zero attached hydrogens (tertiary/aromatic N) is 1. The molecule has 0 saturated carbocycles. The summed E-state index contributed by atoms with van der Waals surface area (Å²) in [4.78, 5) is 24.3. The van der Waals surface area contributed by atoms with Crippen molar-refractivity contribution in [1.29, 1.82) is 0 Å².